The van der Waals surface area contributed by atoms with Crippen molar-refractivity contribution in [2.45, 2.75) is 89.6 Å². The van der Waals surface area contributed by atoms with Gasteiger partial charge in [0.1, 0.15) is 6.10 Å². The van der Waals surface area contributed by atoms with Gasteiger partial charge in [0.25, 0.3) is 5.91 Å². The number of aliphatic hydroxyl groups is 3. The maximum absolute atomic E-state index is 12.3. The van der Waals surface area contributed by atoms with Gasteiger partial charge in [-0.05, 0) is 73.5 Å². The van der Waals surface area contributed by atoms with Gasteiger partial charge in [0.2, 0.25) is 5.91 Å². The monoisotopic (exact) mass is 403 g/mol. The van der Waals surface area contributed by atoms with E-state index in [1.807, 2.05) is 0 Å². The molecule has 8 atom stereocenters. The van der Waals surface area contributed by atoms with Crippen molar-refractivity contribution in [2.24, 2.45) is 28.6 Å². The molecule has 160 valence electrons. The minimum Gasteiger partial charge on any atom is -0.393 e. The van der Waals surface area contributed by atoms with Crippen molar-refractivity contribution in [1.82, 2.24) is 4.90 Å². The fourth-order valence-electron chi connectivity index (χ4n) is 7.85. The zero-order chi connectivity index (χ0) is 20.8. The molecule has 3 saturated carbocycles. The third-order valence-corrected chi connectivity index (χ3v) is 9.63. The van der Waals surface area contributed by atoms with Gasteiger partial charge in [-0.3, -0.25) is 14.5 Å². The van der Waals surface area contributed by atoms with Crippen molar-refractivity contribution < 1.29 is 24.9 Å². The summed E-state index contributed by atoms with van der Waals surface area (Å²) < 4.78 is 0. The number of aliphatic hydroxyl groups excluding tert-OH is 2. The van der Waals surface area contributed by atoms with E-state index < -0.39 is 23.6 Å². The fraction of sp³-hybridized carbons (Fsp3) is 0.826. The third-order valence-electron chi connectivity index (χ3n) is 9.63. The molecule has 3 N–H and O–H groups in total. The normalized spacial score (nSPS) is 52.1. The van der Waals surface area contributed by atoms with Crippen LogP contribution >= 0.6 is 0 Å². The van der Waals surface area contributed by atoms with Crippen LogP contribution in [0.25, 0.3) is 0 Å². The zero-order valence-electron chi connectivity index (χ0n) is 17.4. The molecule has 1 saturated heterocycles. The topological polar surface area (TPSA) is 98.1 Å². The summed E-state index contributed by atoms with van der Waals surface area (Å²) >= 11 is 0. The van der Waals surface area contributed by atoms with Gasteiger partial charge in [0.05, 0.1) is 12.5 Å². The molecule has 0 bridgehead atoms. The number of hydrogen-bond donors (Lipinski definition) is 3. The van der Waals surface area contributed by atoms with Gasteiger partial charge in [-0.2, -0.15) is 0 Å². The highest BCUT2D eigenvalue weighted by Gasteiger charge is 2.61. The molecule has 0 spiro atoms. The van der Waals surface area contributed by atoms with Crippen molar-refractivity contribution in [2.75, 3.05) is 0 Å². The summed E-state index contributed by atoms with van der Waals surface area (Å²) in [6, 6.07) is 0. The second-order valence-corrected chi connectivity index (χ2v) is 10.8. The number of likely N-dealkylation sites (tertiary alicyclic amines) is 1. The van der Waals surface area contributed by atoms with Crippen LogP contribution < -0.4 is 0 Å². The SMILES string of the molecule is C[C@]12CC[C@H]3[C@@H](CC=C4C[C@](O)(N5C(=O)CC(O)C5=O)CC[C@@]43C)[C@@H]1CC[C@@H]2O. The van der Waals surface area contributed by atoms with E-state index in [4.69, 9.17) is 0 Å². The lowest BCUT2D eigenvalue weighted by molar-refractivity contribution is -0.177. The Bertz CT molecular complexity index is 794. The van der Waals surface area contributed by atoms with Gasteiger partial charge in [-0.15, -0.1) is 0 Å². The number of fused-ring (bicyclic) bond motifs is 5. The van der Waals surface area contributed by atoms with Crippen LogP contribution in [0.3, 0.4) is 0 Å². The van der Waals surface area contributed by atoms with Crippen LogP contribution in [0.4, 0.5) is 0 Å². The Hall–Kier alpha value is -1.24. The number of imide groups is 1. The number of carbonyl (C=O) groups excluding carboxylic acids is 2. The third kappa shape index (κ3) is 2.52. The van der Waals surface area contributed by atoms with Gasteiger partial charge < -0.3 is 15.3 Å². The summed E-state index contributed by atoms with van der Waals surface area (Å²) in [7, 11) is 0. The largest absolute Gasteiger partial charge is 0.393 e. The Morgan fingerprint density at radius 1 is 1.03 bits per heavy atom. The first-order valence-corrected chi connectivity index (χ1v) is 11.2. The van der Waals surface area contributed by atoms with Crippen molar-refractivity contribution in [3.8, 4) is 0 Å². The van der Waals surface area contributed by atoms with Crippen molar-refractivity contribution in [3.05, 3.63) is 11.6 Å². The first kappa shape index (κ1) is 19.7. The van der Waals surface area contributed by atoms with Crippen LogP contribution in [0.2, 0.25) is 0 Å². The van der Waals surface area contributed by atoms with Crippen LogP contribution in [-0.2, 0) is 9.59 Å². The molecule has 0 aromatic carbocycles. The van der Waals surface area contributed by atoms with Crippen molar-refractivity contribution >= 4 is 11.8 Å². The number of hydrogen-bond acceptors (Lipinski definition) is 5. The van der Waals surface area contributed by atoms with E-state index in [0.29, 0.717) is 30.6 Å². The minimum absolute atomic E-state index is 0.0306. The Morgan fingerprint density at radius 2 is 1.79 bits per heavy atom. The molecule has 6 heteroatoms. The van der Waals surface area contributed by atoms with E-state index in [1.165, 1.54) is 0 Å². The average Bonchev–Trinajstić information content (AvgIpc) is 3.11. The van der Waals surface area contributed by atoms with Gasteiger partial charge in [-0.25, -0.2) is 0 Å². The maximum Gasteiger partial charge on any atom is 0.260 e. The van der Waals surface area contributed by atoms with E-state index in [0.717, 1.165) is 49.0 Å². The number of allylic oxidation sites excluding steroid dienone is 1. The fourth-order valence-corrected chi connectivity index (χ4v) is 7.85. The van der Waals surface area contributed by atoms with Crippen LogP contribution in [0.5, 0.6) is 0 Å². The summed E-state index contributed by atoms with van der Waals surface area (Å²) in [6.45, 7) is 4.56. The molecule has 0 radical (unpaired) electrons. The molecular weight excluding hydrogens is 370 g/mol. The predicted molar refractivity (Wildman–Crippen MR) is 105 cm³/mol. The van der Waals surface area contributed by atoms with Gasteiger partial charge in [0.15, 0.2) is 5.72 Å². The molecule has 1 heterocycles. The summed E-state index contributed by atoms with van der Waals surface area (Å²) in [6.07, 6.45) is 6.96. The Balaban J connectivity index is 1.44. The highest BCUT2D eigenvalue weighted by atomic mass is 16.3. The maximum atomic E-state index is 12.3. The number of nitrogens with zero attached hydrogens (tertiary/aromatic N) is 1. The first-order chi connectivity index (χ1) is 13.6. The molecule has 0 aromatic rings. The number of amides is 2. The molecule has 0 aromatic heterocycles. The molecule has 1 unspecified atom stereocenters. The number of carbonyl (C=O) groups is 2. The second kappa shape index (κ2) is 6.14. The molecule has 5 aliphatic rings. The summed E-state index contributed by atoms with van der Waals surface area (Å²) in [5.41, 5.74) is -0.356. The molecule has 1 aliphatic heterocycles. The molecular formula is C23H33NO5. The summed E-state index contributed by atoms with van der Waals surface area (Å²) in [5.74, 6) is 0.484. The highest BCUT2D eigenvalue weighted by Crippen LogP contribution is 2.65. The lowest BCUT2D eigenvalue weighted by Crippen LogP contribution is -2.58. The smallest absolute Gasteiger partial charge is 0.260 e. The highest BCUT2D eigenvalue weighted by molar-refractivity contribution is 6.05. The predicted octanol–water partition coefficient (Wildman–Crippen LogP) is 2.12. The Kier molecular flexibility index (Phi) is 4.18. The van der Waals surface area contributed by atoms with E-state index >= 15 is 0 Å². The van der Waals surface area contributed by atoms with Crippen LogP contribution in [0.15, 0.2) is 11.6 Å². The van der Waals surface area contributed by atoms with E-state index in [2.05, 4.69) is 19.9 Å². The van der Waals surface area contributed by atoms with Crippen molar-refractivity contribution in [3.63, 3.8) is 0 Å². The summed E-state index contributed by atoms with van der Waals surface area (Å²) in [4.78, 5) is 25.6. The Morgan fingerprint density at radius 3 is 2.48 bits per heavy atom. The van der Waals surface area contributed by atoms with Gasteiger partial charge >= 0.3 is 0 Å². The van der Waals surface area contributed by atoms with Crippen LogP contribution in [0.1, 0.15) is 71.6 Å². The van der Waals surface area contributed by atoms with E-state index in [-0.39, 0.29) is 23.4 Å². The van der Waals surface area contributed by atoms with Gasteiger partial charge in [-0.1, -0.05) is 25.5 Å². The zero-order valence-corrected chi connectivity index (χ0v) is 17.4. The van der Waals surface area contributed by atoms with E-state index in [1.54, 1.807) is 0 Å². The molecule has 29 heavy (non-hydrogen) atoms. The molecule has 4 fully saturated rings. The molecule has 5 rings (SSSR count). The standard InChI is InChI=1S/C23H33NO5/c1-21-9-10-23(29,24-19(27)11-17(25)20(24)28)12-13(21)3-4-14-15-5-6-18(26)22(15,2)8-7-16(14)21/h3,14-18,25-26,29H,4-12H2,1-2H3/t14-,15-,16-,17?,18-,21-,22-,23-/m0/s1. The lowest BCUT2D eigenvalue weighted by atomic mass is 9.47. The van der Waals surface area contributed by atoms with Gasteiger partial charge in [0, 0.05) is 6.42 Å². The van der Waals surface area contributed by atoms with Crippen molar-refractivity contribution in [1.29, 1.82) is 0 Å². The second-order valence-electron chi connectivity index (χ2n) is 10.8. The quantitative estimate of drug-likeness (QED) is 0.460. The Labute approximate surface area is 172 Å². The van der Waals surface area contributed by atoms with Crippen LogP contribution in [0, 0.1) is 28.6 Å². The minimum atomic E-state index is -1.52. The molecule has 6 nitrogen and oxygen atoms in total. The van der Waals surface area contributed by atoms with Crippen LogP contribution in [-0.4, -0.2) is 50.0 Å². The number of rotatable bonds is 1. The molecule has 2 amide bonds. The lowest BCUT2D eigenvalue weighted by Gasteiger charge is -2.59. The average molecular weight is 404 g/mol. The summed E-state index contributed by atoms with van der Waals surface area (Å²) in [5, 5.41) is 31.7. The van der Waals surface area contributed by atoms with E-state index in [9.17, 15) is 24.9 Å². The first-order valence-electron chi connectivity index (χ1n) is 11.2. The molecule has 4 aliphatic carbocycles.